The van der Waals surface area contributed by atoms with E-state index in [1.165, 1.54) is 0 Å². The first-order valence-electron chi connectivity index (χ1n) is 5.93. The first kappa shape index (κ1) is 13.0. The van der Waals surface area contributed by atoms with Gasteiger partial charge in [-0.3, -0.25) is 0 Å². The summed E-state index contributed by atoms with van der Waals surface area (Å²) in [6.07, 6.45) is 0.829. The Hall–Kier alpha value is -1.49. The molecule has 96 valence electrons. The lowest BCUT2D eigenvalue weighted by Gasteiger charge is -1.99. The number of nitrogens with two attached hydrogens (primary N) is 1. The molecule has 4 nitrogen and oxygen atoms in total. The Labute approximate surface area is 111 Å². The Morgan fingerprint density at radius 1 is 1.39 bits per heavy atom. The molecule has 2 rings (SSSR count). The molecular weight excluding hydrogens is 246 g/mol. The standard InChI is InChI=1S/C13H17N3OS/c1-9(2)6-13-15-12(16-17-13)8-18-11-5-3-4-10(14)7-11/h3-5,7,9H,6,8,14H2,1-2H3. The van der Waals surface area contributed by atoms with Crippen LogP contribution in [-0.2, 0) is 12.2 Å². The fourth-order valence-corrected chi connectivity index (χ4v) is 2.34. The highest BCUT2D eigenvalue weighted by Gasteiger charge is 2.08. The van der Waals surface area contributed by atoms with Crippen molar-refractivity contribution in [3.8, 4) is 0 Å². The molecular formula is C13H17N3OS. The van der Waals surface area contributed by atoms with Gasteiger partial charge in [0.1, 0.15) is 0 Å². The molecule has 0 unspecified atom stereocenters. The van der Waals surface area contributed by atoms with Gasteiger partial charge < -0.3 is 10.3 Å². The Morgan fingerprint density at radius 2 is 2.22 bits per heavy atom. The molecule has 0 bridgehead atoms. The molecule has 18 heavy (non-hydrogen) atoms. The lowest BCUT2D eigenvalue weighted by molar-refractivity contribution is 0.360. The summed E-state index contributed by atoms with van der Waals surface area (Å²) in [5, 5.41) is 3.97. The number of anilines is 1. The summed E-state index contributed by atoms with van der Waals surface area (Å²) in [6, 6.07) is 7.78. The zero-order valence-corrected chi connectivity index (χ0v) is 11.4. The molecule has 0 saturated heterocycles. The number of thioether (sulfide) groups is 1. The van der Waals surface area contributed by atoms with Gasteiger partial charge in [-0.1, -0.05) is 25.1 Å². The van der Waals surface area contributed by atoms with Gasteiger partial charge in [-0.05, 0) is 24.1 Å². The van der Waals surface area contributed by atoms with E-state index in [1.54, 1.807) is 11.8 Å². The summed E-state index contributed by atoms with van der Waals surface area (Å²) >= 11 is 1.65. The van der Waals surface area contributed by atoms with Gasteiger partial charge in [-0.25, -0.2) is 0 Å². The van der Waals surface area contributed by atoms with E-state index in [-0.39, 0.29) is 0 Å². The molecule has 0 amide bonds. The van der Waals surface area contributed by atoms with E-state index in [4.69, 9.17) is 10.3 Å². The molecule has 0 fully saturated rings. The molecule has 0 atom stereocenters. The maximum atomic E-state index is 5.72. The number of nitrogens with zero attached hydrogens (tertiary/aromatic N) is 2. The van der Waals surface area contributed by atoms with E-state index in [0.717, 1.165) is 22.8 Å². The fourth-order valence-electron chi connectivity index (χ4n) is 1.53. The third-order valence-electron chi connectivity index (χ3n) is 2.32. The molecule has 5 heteroatoms. The molecule has 0 aliphatic rings. The van der Waals surface area contributed by atoms with Crippen molar-refractivity contribution in [3.63, 3.8) is 0 Å². The van der Waals surface area contributed by atoms with Crippen LogP contribution in [0.2, 0.25) is 0 Å². The van der Waals surface area contributed by atoms with Gasteiger partial charge >= 0.3 is 0 Å². The van der Waals surface area contributed by atoms with Crippen LogP contribution in [0.15, 0.2) is 33.7 Å². The molecule has 1 aromatic heterocycles. The zero-order chi connectivity index (χ0) is 13.0. The molecule has 0 radical (unpaired) electrons. The normalized spacial score (nSPS) is 11.1. The highest BCUT2D eigenvalue weighted by atomic mass is 32.2. The molecule has 2 aromatic rings. The molecule has 1 heterocycles. The van der Waals surface area contributed by atoms with Crippen LogP contribution in [0.5, 0.6) is 0 Å². The Morgan fingerprint density at radius 3 is 2.94 bits per heavy atom. The zero-order valence-electron chi connectivity index (χ0n) is 10.6. The maximum Gasteiger partial charge on any atom is 0.226 e. The monoisotopic (exact) mass is 263 g/mol. The van der Waals surface area contributed by atoms with Gasteiger partial charge in [0.2, 0.25) is 5.89 Å². The summed E-state index contributed by atoms with van der Waals surface area (Å²) in [7, 11) is 0. The predicted molar refractivity (Wildman–Crippen MR) is 73.3 cm³/mol. The van der Waals surface area contributed by atoms with E-state index in [2.05, 4.69) is 24.0 Å². The minimum absolute atomic E-state index is 0.528. The number of nitrogen functional groups attached to an aromatic ring is 1. The largest absolute Gasteiger partial charge is 0.399 e. The minimum atomic E-state index is 0.528. The topological polar surface area (TPSA) is 64.9 Å². The summed E-state index contributed by atoms with van der Waals surface area (Å²) < 4.78 is 5.19. The molecule has 0 spiro atoms. The van der Waals surface area contributed by atoms with Crippen LogP contribution < -0.4 is 5.73 Å². The van der Waals surface area contributed by atoms with Gasteiger partial charge in [-0.2, -0.15) is 4.98 Å². The minimum Gasteiger partial charge on any atom is -0.399 e. The number of rotatable bonds is 5. The van der Waals surface area contributed by atoms with Crippen molar-refractivity contribution in [2.75, 3.05) is 5.73 Å². The van der Waals surface area contributed by atoms with Crippen LogP contribution in [0.3, 0.4) is 0 Å². The third kappa shape index (κ3) is 3.77. The SMILES string of the molecule is CC(C)Cc1nc(CSc2cccc(N)c2)no1. The summed E-state index contributed by atoms with van der Waals surface area (Å²) in [4.78, 5) is 5.47. The average molecular weight is 263 g/mol. The van der Waals surface area contributed by atoms with Crippen LogP contribution in [-0.4, -0.2) is 10.1 Å². The second-order valence-corrected chi connectivity index (χ2v) is 5.61. The van der Waals surface area contributed by atoms with Gasteiger partial charge in [0.15, 0.2) is 5.82 Å². The van der Waals surface area contributed by atoms with E-state index in [9.17, 15) is 0 Å². The lowest BCUT2D eigenvalue weighted by Crippen LogP contribution is -1.94. The van der Waals surface area contributed by atoms with Crippen LogP contribution in [0, 0.1) is 5.92 Å². The van der Waals surface area contributed by atoms with Gasteiger partial charge in [-0.15, -0.1) is 11.8 Å². The number of hydrogen-bond donors (Lipinski definition) is 1. The second kappa shape index (κ2) is 5.91. The Balaban J connectivity index is 1.92. The van der Waals surface area contributed by atoms with E-state index >= 15 is 0 Å². The highest BCUT2D eigenvalue weighted by Crippen LogP contribution is 2.23. The molecule has 0 saturated carbocycles. The van der Waals surface area contributed by atoms with Crippen LogP contribution in [0.25, 0.3) is 0 Å². The molecule has 0 aliphatic heterocycles. The van der Waals surface area contributed by atoms with E-state index in [1.807, 2.05) is 24.3 Å². The van der Waals surface area contributed by atoms with Crippen LogP contribution in [0.1, 0.15) is 25.6 Å². The van der Waals surface area contributed by atoms with Crippen molar-refractivity contribution in [3.05, 3.63) is 36.0 Å². The molecule has 0 aliphatic carbocycles. The smallest absolute Gasteiger partial charge is 0.226 e. The quantitative estimate of drug-likeness (QED) is 0.663. The first-order valence-corrected chi connectivity index (χ1v) is 6.92. The molecule has 2 N–H and O–H groups in total. The van der Waals surface area contributed by atoms with Crippen molar-refractivity contribution in [2.45, 2.75) is 30.9 Å². The van der Waals surface area contributed by atoms with Gasteiger partial charge in [0.25, 0.3) is 0 Å². The van der Waals surface area contributed by atoms with Crippen LogP contribution >= 0.6 is 11.8 Å². The number of benzene rings is 1. The second-order valence-electron chi connectivity index (χ2n) is 4.56. The average Bonchev–Trinajstić information content (AvgIpc) is 2.73. The van der Waals surface area contributed by atoms with Crippen LogP contribution in [0.4, 0.5) is 5.69 Å². The van der Waals surface area contributed by atoms with Crippen molar-refractivity contribution in [2.24, 2.45) is 5.92 Å². The maximum absolute atomic E-state index is 5.72. The third-order valence-corrected chi connectivity index (χ3v) is 3.31. The molecule has 1 aromatic carbocycles. The highest BCUT2D eigenvalue weighted by molar-refractivity contribution is 7.98. The van der Waals surface area contributed by atoms with Crippen molar-refractivity contribution < 1.29 is 4.52 Å². The van der Waals surface area contributed by atoms with Crippen molar-refractivity contribution in [1.82, 2.24) is 10.1 Å². The predicted octanol–water partition coefficient (Wildman–Crippen LogP) is 3.14. The fraction of sp³-hybridized carbons (Fsp3) is 0.385. The lowest BCUT2D eigenvalue weighted by atomic mass is 10.1. The number of hydrogen-bond acceptors (Lipinski definition) is 5. The van der Waals surface area contributed by atoms with Crippen molar-refractivity contribution >= 4 is 17.4 Å². The number of aromatic nitrogens is 2. The Bertz CT molecular complexity index is 510. The summed E-state index contributed by atoms with van der Waals surface area (Å²) in [5.41, 5.74) is 6.50. The van der Waals surface area contributed by atoms with Crippen molar-refractivity contribution in [1.29, 1.82) is 0 Å². The van der Waals surface area contributed by atoms with E-state index in [0.29, 0.717) is 17.6 Å². The first-order chi connectivity index (χ1) is 8.63. The summed E-state index contributed by atoms with van der Waals surface area (Å²) in [6.45, 7) is 4.26. The van der Waals surface area contributed by atoms with E-state index < -0.39 is 0 Å². The summed E-state index contributed by atoms with van der Waals surface area (Å²) in [5.74, 6) is 2.68. The Kier molecular flexibility index (Phi) is 4.25. The van der Waals surface area contributed by atoms with Gasteiger partial charge in [0, 0.05) is 17.0 Å². The van der Waals surface area contributed by atoms with Gasteiger partial charge in [0.05, 0.1) is 5.75 Å².